The van der Waals surface area contributed by atoms with Crippen LogP contribution in [0.5, 0.6) is 0 Å². The molecular weight excluding hydrogens is 286 g/mol. The Morgan fingerprint density at radius 1 is 1.13 bits per heavy atom. The highest BCUT2D eigenvalue weighted by molar-refractivity contribution is 6.53. The van der Waals surface area contributed by atoms with Crippen molar-refractivity contribution in [1.82, 2.24) is 10.6 Å². The lowest BCUT2D eigenvalue weighted by atomic mass is 10.4. The van der Waals surface area contributed by atoms with Crippen molar-refractivity contribution < 1.29 is 9.59 Å². The van der Waals surface area contributed by atoms with Gasteiger partial charge in [-0.05, 0) is 6.08 Å². The minimum atomic E-state index is -1.26. The standard InChI is InChI=1S/C7H8Cl4N2O2/c1-2-3(14)12-6(4(8)9)13-7(15)5(10)11/h2,4-6H,1H2,(H,12,14)(H,13,15). The average Bonchev–Trinajstić information content (AvgIpc) is 2.15. The van der Waals surface area contributed by atoms with E-state index in [0.29, 0.717) is 0 Å². The molecule has 0 aromatic heterocycles. The summed E-state index contributed by atoms with van der Waals surface area (Å²) >= 11 is 21.6. The van der Waals surface area contributed by atoms with E-state index in [1.807, 2.05) is 0 Å². The molecule has 1 atom stereocenters. The van der Waals surface area contributed by atoms with E-state index < -0.39 is 27.7 Å². The molecule has 0 spiro atoms. The molecule has 2 N–H and O–H groups in total. The van der Waals surface area contributed by atoms with Crippen LogP contribution in [0.25, 0.3) is 0 Å². The lowest BCUT2D eigenvalue weighted by Crippen LogP contribution is -2.52. The van der Waals surface area contributed by atoms with Crippen LogP contribution >= 0.6 is 46.4 Å². The smallest absolute Gasteiger partial charge is 0.254 e. The number of nitrogens with one attached hydrogen (secondary N) is 2. The molecule has 0 aliphatic carbocycles. The van der Waals surface area contributed by atoms with Crippen molar-refractivity contribution in [3.8, 4) is 0 Å². The molecule has 0 rings (SSSR count). The summed E-state index contributed by atoms with van der Waals surface area (Å²) in [6.07, 6.45) is 0.0279. The number of rotatable bonds is 5. The fraction of sp³-hybridized carbons (Fsp3) is 0.429. The maximum atomic E-state index is 11.1. The first-order valence-corrected chi connectivity index (χ1v) is 5.42. The second-order valence-corrected chi connectivity index (χ2v) is 4.59. The van der Waals surface area contributed by atoms with Gasteiger partial charge in [0.15, 0.2) is 4.84 Å². The van der Waals surface area contributed by atoms with E-state index in [-0.39, 0.29) is 0 Å². The monoisotopic (exact) mass is 292 g/mol. The van der Waals surface area contributed by atoms with Crippen LogP contribution in [0.3, 0.4) is 0 Å². The number of amides is 2. The molecule has 0 heterocycles. The Bertz CT molecular complexity index is 257. The topological polar surface area (TPSA) is 58.2 Å². The van der Waals surface area contributed by atoms with Gasteiger partial charge in [0.2, 0.25) is 5.91 Å². The first kappa shape index (κ1) is 14.8. The maximum absolute atomic E-state index is 11.1. The van der Waals surface area contributed by atoms with Gasteiger partial charge in [0.1, 0.15) is 11.0 Å². The van der Waals surface area contributed by atoms with Crippen molar-refractivity contribution in [2.24, 2.45) is 0 Å². The van der Waals surface area contributed by atoms with Crippen LogP contribution in [0.4, 0.5) is 0 Å². The van der Waals surface area contributed by atoms with Crippen LogP contribution in [0.15, 0.2) is 12.7 Å². The summed E-state index contributed by atoms with van der Waals surface area (Å²) in [4.78, 5) is 19.7. The quantitative estimate of drug-likeness (QED) is 0.457. The van der Waals surface area contributed by atoms with Crippen molar-refractivity contribution in [3.63, 3.8) is 0 Å². The van der Waals surface area contributed by atoms with Crippen molar-refractivity contribution in [2.75, 3.05) is 0 Å². The molecule has 1 unspecified atom stereocenters. The normalized spacial score (nSPS) is 12.4. The van der Waals surface area contributed by atoms with Crippen LogP contribution < -0.4 is 10.6 Å². The van der Waals surface area contributed by atoms with Crippen molar-refractivity contribution in [2.45, 2.75) is 15.8 Å². The van der Waals surface area contributed by atoms with Gasteiger partial charge in [0.25, 0.3) is 5.91 Å². The van der Waals surface area contributed by atoms with E-state index in [4.69, 9.17) is 46.4 Å². The summed E-state index contributed by atoms with van der Waals surface area (Å²) in [5.74, 6) is -1.24. The molecule has 0 saturated carbocycles. The maximum Gasteiger partial charge on any atom is 0.254 e. The van der Waals surface area contributed by atoms with Gasteiger partial charge in [-0.25, -0.2) is 0 Å². The number of hydrogen-bond donors (Lipinski definition) is 2. The SMILES string of the molecule is C=CC(=O)NC(NC(=O)C(Cl)Cl)C(Cl)Cl. The first-order valence-electron chi connectivity index (χ1n) is 3.68. The van der Waals surface area contributed by atoms with Gasteiger partial charge in [-0.3, -0.25) is 9.59 Å². The summed E-state index contributed by atoms with van der Waals surface area (Å²) in [6.45, 7) is 3.22. The van der Waals surface area contributed by atoms with Gasteiger partial charge in [-0.1, -0.05) is 29.8 Å². The van der Waals surface area contributed by atoms with Gasteiger partial charge in [0.05, 0.1) is 0 Å². The third kappa shape index (κ3) is 6.10. The molecule has 0 aromatic carbocycles. The minimum absolute atomic E-state index is 0.535. The molecule has 4 nitrogen and oxygen atoms in total. The molecule has 0 radical (unpaired) electrons. The van der Waals surface area contributed by atoms with E-state index in [2.05, 4.69) is 17.2 Å². The molecule has 0 aliphatic rings. The zero-order chi connectivity index (χ0) is 12.0. The number of alkyl halides is 4. The molecule has 8 heteroatoms. The highest BCUT2D eigenvalue weighted by atomic mass is 35.5. The summed E-state index contributed by atoms with van der Waals surface area (Å²) in [5, 5.41) is 4.52. The molecule has 0 aliphatic heterocycles. The van der Waals surface area contributed by atoms with E-state index >= 15 is 0 Å². The molecule has 2 amide bonds. The number of carbonyl (C=O) groups is 2. The van der Waals surface area contributed by atoms with E-state index in [1.165, 1.54) is 0 Å². The van der Waals surface area contributed by atoms with Gasteiger partial charge in [-0.15, -0.1) is 23.2 Å². The summed E-state index contributed by atoms with van der Waals surface area (Å²) in [5.41, 5.74) is 0. The minimum Gasteiger partial charge on any atom is -0.331 e. The predicted octanol–water partition coefficient (Wildman–Crippen LogP) is 1.34. The molecular formula is C7H8Cl4N2O2. The van der Waals surface area contributed by atoms with Gasteiger partial charge < -0.3 is 10.6 Å². The second-order valence-electron chi connectivity index (χ2n) is 2.33. The van der Waals surface area contributed by atoms with Crippen LogP contribution in [0.2, 0.25) is 0 Å². The van der Waals surface area contributed by atoms with Crippen molar-refractivity contribution >= 4 is 58.2 Å². The number of hydrogen-bond acceptors (Lipinski definition) is 2. The van der Waals surface area contributed by atoms with E-state index in [9.17, 15) is 9.59 Å². The Morgan fingerprint density at radius 2 is 1.67 bits per heavy atom. The molecule has 86 valence electrons. The highest BCUT2D eigenvalue weighted by Gasteiger charge is 2.23. The summed E-state index contributed by atoms with van der Waals surface area (Å²) in [6, 6.07) is 0. The largest absolute Gasteiger partial charge is 0.331 e. The Labute approximate surface area is 107 Å². The molecule has 15 heavy (non-hydrogen) atoms. The lowest BCUT2D eigenvalue weighted by Gasteiger charge is -2.20. The van der Waals surface area contributed by atoms with Crippen LogP contribution in [0, 0.1) is 0 Å². The second kappa shape index (κ2) is 7.17. The molecule has 0 saturated heterocycles. The van der Waals surface area contributed by atoms with Gasteiger partial charge >= 0.3 is 0 Å². The Hall–Kier alpha value is -0.160. The Balaban J connectivity index is 4.34. The summed E-state index contributed by atoms with van der Waals surface area (Å²) < 4.78 is 0. The average molecular weight is 294 g/mol. The number of carbonyl (C=O) groups excluding carboxylic acids is 2. The van der Waals surface area contributed by atoms with E-state index in [0.717, 1.165) is 6.08 Å². The summed E-state index contributed by atoms with van der Waals surface area (Å²) in [7, 11) is 0. The lowest BCUT2D eigenvalue weighted by molar-refractivity contribution is -0.121. The van der Waals surface area contributed by atoms with Crippen LogP contribution in [-0.4, -0.2) is 27.7 Å². The third-order valence-electron chi connectivity index (χ3n) is 1.23. The number of halogens is 4. The third-order valence-corrected chi connectivity index (χ3v) is 2.13. The van der Waals surface area contributed by atoms with Crippen LogP contribution in [0.1, 0.15) is 0 Å². The van der Waals surface area contributed by atoms with Gasteiger partial charge in [0, 0.05) is 0 Å². The predicted molar refractivity (Wildman–Crippen MR) is 61.3 cm³/mol. The fourth-order valence-electron chi connectivity index (χ4n) is 0.591. The zero-order valence-electron chi connectivity index (χ0n) is 7.34. The first-order chi connectivity index (χ1) is 6.88. The zero-order valence-corrected chi connectivity index (χ0v) is 10.4. The van der Waals surface area contributed by atoms with Crippen molar-refractivity contribution in [1.29, 1.82) is 0 Å². The van der Waals surface area contributed by atoms with E-state index in [1.54, 1.807) is 0 Å². The molecule has 0 aromatic rings. The highest BCUT2D eigenvalue weighted by Crippen LogP contribution is 2.08. The Kier molecular flexibility index (Phi) is 7.09. The Morgan fingerprint density at radius 3 is 2.00 bits per heavy atom. The van der Waals surface area contributed by atoms with Crippen LogP contribution in [-0.2, 0) is 9.59 Å². The molecule has 0 bridgehead atoms. The van der Waals surface area contributed by atoms with Crippen molar-refractivity contribution in [3.05, 3.63) is 12.7 Å². The van der Waals surface area contributed by atoms with Gasteiger partial charge in [-0.2, -0.15) is 0 Å². The molecule has 0 fully saturated rings. The fourth-order valence-corrected chi connectivity index (χ4v) is 0.968.